The Labute approximate surface area is 120 Å². The molecule has 0 aliphatic carbocycles. The van der Waals surface area contributed by atoms with E-state index in [-0.39, 0.29) is 5.56 Å². The number of halogens is 1. The molecule has 1 aromatic rings. The van der Waals surface area contributed by atoms with Crippen LogP contribution in [0.5, 0.6) is 5.75 Å². The molecule has 1 fully saturated rings. The topological polar surface area (TPSA) is 55.8 Å². The maximum atomic E-state index is 11.1. The molecule has 104 valence electrons. The van der Waals surface area contributed by atoms with Crippen molar-refractivity contribution in [2.45, 2.75) is 31.8 Å². The molecule has 0 aromatic heterocycles. The smallest absolute Gasteiger partial charge is 0.339 e. The number of aromatic carboxylic acids is 1. The summed E-state index contributed by atoms with van der Waals surface area (Å²) in [5.41, 5.74) is 0.187. The van der Waals surface area contributed by atoms with Crippen molar-refractivity contribution in [2.24, 2.45) is 0 Å². The molecule has 0 amide bonds. The van der Waals surface area contributed by atoms with Crippen LogP contribution < -0.4 is 4.74 Å². The summed E-state index contributed by atoms with van der Waals surface area (Å²) in [7, 11) is 0. The molecule has 0 saturated carbocycles. The van der Waals surface area contributed by atoms with Crippen molar-refractivity contribution >= 4 is 21.9 Å². The van der Waals surface area contributed by atoms with Gasteiger partial charge in [-0.25, -0.2) is 4.79 Å². The molecule has 19 heavy (non-hydrogen) atoms. The van der Waals surface area contributed by atoms with E-state index in [1.165, 1.54) is 0 Å². The second-order valence-corrected chi connectivity index (χ2v) is 5.49. The Bertz CT molecular complexity index is 441. The SMILES string of the molecule is O=C(O)c1cc(Br)ccc1OCCCC1CCCO1. The maximum Gasteiger partial charge on any atom is 0.339 e. The van der Waals surface area contributed by atoms with E-state index in [0.29, 0.717) is 18.5 Å². The van der Waals surface area contributed by atoms with Crippen molar-refractivity contribution < 1.29 is 19.4 Å². The third kappa shape index (κ3) is 4.21. The van der Waals surface area contributed by atoms with E-state index in [4.69, 9.17) is 14.6 Å². The molecular weight excluding hydrogens is 312 g/mol. The zero-order chi connectivity index (χ0) is 13.7. The highest BCUT2D eigenvalue weighted by molar-refractivity contribution is 9.10. The molecule has 1 heterocycles. The van der Waals surface area contributed by atoms with Gasteiger partial charge in [0.1, 0.15) is 11.3 Å². The van der Waals surface area contributed by atoms with Crippen LogP contribution in [0.25, 0.3) is 0 Å². The lowest BCUT2D eigenvalue weighted by molar-refractivity contribution is 0.0690. The Kier molecular flexibility index (Phi) is 5.22. The van der Waals surface area contributed by atoms with Gasteiger partial charge in [-0.3, -0.25) is 0 Å². The molecule has 5 heteroatoms. The van der Waals surface area contributed by atoms with Gasteiger partial charge in [0.25, 0.3) is 0 Å². The van der Waals surface area contributed by atoms with Gasteiger partial charge in [0, 0.05) is 11.1 Å². The first-order valence-corrected chi connectivity index (χ1v) is 7.23. The predicted octanol–water partition coefficient (Wildman–Crippen LogP) is 3.49. The van der Waals surface area contributed by atoms with Crippen LogP contribution in [0.15, 0.2) is 22.7 Å². The van der Waals surface area contributed by atoms with Gasteiger partial charge < -0.3 is 14.6 Å². The quantitative estimate of drug-likeness (QED) is 0.812. The first-order valence-electron chi connectivity index (χ1n) is 6.44. The maximum absolute atomic E-state index is 11.1. The van der Waals surface area contributed by atoms with E-state index in [2.05, 4.69) is 15.9 Å². The molecular formula is C14H17BrO4. The predicted molar refractivity (Wildman–Crippen MR) is 74.8 cm³/mol. The van der Waals surface area contributed by atoms with Crippen molar-refractivity contribution in [1.29, 1.82) is 0 Å². The zero-order valence-electron chi connectivity index (χ0n) is 10.6. The molecule has 1 aliphatic heterocycles. The van der Waals surface area contributed by atoms with Crippen molar-refractivity contribution in [3.8, 4) is 5.75 Å². The van der Waals surface area contributed by atoms with Crippen molar-refractivity contribution in [3.05, 3.63) is 28.2 Å². The van der Waals surface area contributed by atoms with Crippen LogP contribution in [0.4, 0.5) is 0 Å². The highest BCUT2D eigenvalue weighted by Crippen LogP contribution is 2.24. The monoisotopic (exact) mass is 328 g/mol. The van der Waals surface area contributed by atoms with E-state index < -0.39 is 5.97 Å². The van der Waals surface area contributed by atoms with Gasteiger partial charge in [0.2, 0.25) is 0 Å². The Hall–Kier alpha value is -1.07. The van der Waals surface area contributed by atoms with Crippen LogP contribution in [-0.2, 0) is 4.74 Å². The van der Waals surface area contributed by atoms with Crippen LogP contribution in [0.3, 0.4) is 0 Å². The Morgan fingerprint density at radius 3 is 3.05 bits per heavy atom. The lowest BCUT2D eigenvalue weighted by Crippen LogP contribution is -2.09. The van der Waals surface area contributed by atoms with E-state index >= 15 is 0 Å². The molecule has 1 aliphatic rings. The fourth-order valence-corrected chi connectivity index (χ4v) is 2.52. The average Bonchev–Trinajstić information content (AvgIpc) is 2.89. The van der Waals surface area contributed by atoms with Gasteiger partial charge in [-0.1, -0.05) is 15.9 Å². The number of carboxylic acids is 1. The van der Waals surface area contributed by atoms with Crippen LogP contribution in [0, 0.1) is 0 Å². The first-order chi connectivity index (χ1) is 9.16. The molecule has 1 unspecified atom stereocenters. The van der Waals surface area contributed by atoms with Crippen LogP contribution in [-0.4, -0.2) is 30.4 Å². The summed E-state index contributed by atoms with van der Waals surface area (Å²) >= 11 is 3.26. The minimum absolute atomic E-state index is 0.187. The highest BCUT2D eigenvalue weighted by atomic mass is 79.9. The summed E-state index contributed by atoms with van der Waals surface area (Å²) in [6, 6.07) is 5.01. The summed E-state index contributed by atoms with van der Waals surface area (Å²) < 4.78 is 11.8. The third-order valence-corrected chi connectivity index (χ3v) is 3.62. The summed E-state index contributed by atoms with van der Waals surface area (Å²) in [5, 5.41) is 9.10. The number of carbonyl (C=O) groups is 1. The van der Waals surface area contributed by atoms with E-state index in [1.54, 1.807) is 18.2 Å². The zero-order valence-corrected chi connectivity index (χ0v) is 12.2. The Morgan fingerprint density at radius 1 is 1.53 bits per heavy atom. The van der Waals surface area contributed by atoms with Crippen LogP contribution in [0.2, 0.25) is 0 Å². The van der Waals surface area contributed by atoms with Crippen molar-refractivity contribution in [3.63, 3.8) is 0 Å². The van der Waals surface area contributed by atoms with E-state index in [9.17, 15) is 4.79 Å². The molecule has 0 spiro atoms. The summed E-state index contributed by atoms with van der Waals surface area (Å²) in [4.78, 5) is 11.1. The Morgan fingerprint density at radius 2 is 2.37 bits per heavy atom. The average molecular weight is 329 g/mol. The standard InChI is InChI=1S/C14H17BrO4/c15-10-5-6-13(12(9-10)14(16)17)19-8-2-4-11-3-1-7-18-11/h5-6,9,11H,1-4,7-8H2,(H,16,17). The number of carboxylic acid groups (broad SMARTS) is 1. The number of hydrogen-bond donors (Lipinski definition) is 1. The van der Waals surface area contributed by atoms with Crippen molar-refractivity contribution in [2.75, 3.05) is 13.2 Å². The second kappa shape index (κ2) is 6.91. The second-order valence-electron chi connectivity index (χ2n) is 4.57. The fraction of sp³-hybridized carbons (Fsp3) is 0.500. The lowest BCUT2D eigenvalue weighted by atomic mass is 10.1. The highest BCUT2D eigenvalue weighted by Gasteiger charge is 2.15. The molecule has 1 aromatic carbocycles. The van der Waals surface area contributed by atoms with Crippen LogP contribution in [0.1, 0.15) is 36.0 Å². The van der Waals surface area contributed by atoms with Crippen LogP contribution >= 0.6 is 15.9 Å². The molecule has 1 atom stereocenters. The van der Waals surface area contributed by atoms with Gasteiger partial charge in [-0.05, 0) is 43.9 Å². The van der Waals surface area contributed by atoms with Crippen molar-refractivity contribution in [1.82, 2.24) is 0 Å². The summed E-state index contributed by atoms with van der Waals surface area (Å²) in [5.74, 6) is -0.557. The van der Waals surface area contributed by atoms with Gasteiger partial charge in [0.05, 0.1) is 12.7 Å². The summed E-state index contributed by atoms with van der Waals surface area (Å²) in [6.07, 6.45) is 4.46. The minimum atomic E-state index is -0.976. The summed E-state index contributed by atoms with van der Waals surface area (Å²) in [6.45, 7) is 1.38. The molecule has 2 rings (SSSR count). The number of rotatable bonds is 6. The normalized spacial score (nSPS) is 18.5. The third-order valence-electron chi connectivity index (χ3n) is 3.12. The molecule has 1 N–H and O–H groups in total. The lowest BCUT2D eigenvalue weighted by Gasteiger charge is -2.11. The van der Waals surface area contributed by atoms with Gasteiger partial charge in [0.15, 0.2) is 0 Å². The fourth-order valence-electron chi connectivity index (χ4n) is 2.16. The van der Waals surface area contributed by atoms with Gasteiger partial charge in [-0.2, -0.15) is 0 Å². The molecule has 1 saturated heterocycles. The molecule has 0 radical (unpaired) electrons. The number of benzene rings is 1. The van der Waals surface area contributed by atoms with Gasteiger partial charge >= 0.3 is 5.97 Å². The molecule has 4 nitrogen and oxygen atoms in total. The largest absolute Gasteiger partial charge is 0.493 e. The minimum Gasteiger partial charge on any atom is -0.493 e. The Balaban J connectivity index is 1.83. The number of hydrogen-bond acceptors (Lipinski definition) is 3. The molecule has 0 bridgehead atoms. The first kappa shape index (κ1) is 14.3. The van der Waals surface area contributed by atoms with E-state index in [0.717, 1.165) is 36.8 Å². The van der Waals surface area contributed by atoms with E-state index in [1.807, 2.05) is 0 Å². The van der Waals surface area contributed by atoms with Gasteiger partial charge in [-0.15, -0.1) is 0 Å². The number of ether oxygens (including phenoxy) is 2.